The lowest BCUT2D eigenvalue weighted by molar-refractivity contribution is -0.191. The zero-order valence-electron chi connectivity index (χ0n) is 24.4. The van der Waals surface area contributed by atoms with Crippen LogP contribution in [0.1, 0.15) is 27.0 Å². The summed E-state index contributed by atoms with van der Waals surface area (Å²) in [6.07, 6.45) is -9.38. The van der Waals surface area contributed by atoms with Gasteiger partial charge < -0.3 is 29.4 Å². The minimum Gasteiger partial charge on any atom is -0.462 e. The molecule has 4 aromatic rings. The number of ether oxygens (including phenoxy) is 2. The number of aliphatic hydroxyl groups excluding tert-OH is 1. The number of nitrogens with zero attached hydrogens (tertiary/aromatic N) is 3. The largest absolute Gasteiger partial charge is 0.462 e. The first-order valence-corrected chi connectivity index (χ1v) is 16.4. The molecule has 19 heteroatoms. The summed E-state index contributed by atoms with van der Waals surface area (Å²) < 4.78 is 83.3. The van der Waals surface area contributed by atoms with Crippen molar-refractivity contribution in [1.29, 1.82) is 0 Å². The maximum atomic E-state index is 15.6. The Bertz CT molecular complexity index is 1880. The molecular formula is C27H29F4N6O7PS. The second kappa shape index (κ2) is 12.5. The van der Waals surface area contributed by atoms with E-state index in [9.17, 15) is 23.5 Å². The van der Waals surface area contributed by atoms with Gasteiger partial charge in [0.05, 0.1) is 19.0 Å². The molecule has 1 fully saturated rings. The van der Waals surface area contributed by atoms with E-state index in [0.717, 1.165) is 17.1 Å². The van der Waals surface area contributed by atoms with Crippen molar-refractivity contribution in [3.05, 3.63) is 59.1 Å². The number of aromatic nitrogens is 4. The number of nitrogen functional groups attached to an aromatic ring is 1. The smallest absolute Gasteiger partial charge is 0.323 e. The molecule has 3 heterocycles. The minimum absolute atomic E-state index is 0.111. The lowest BCUT2D eigenvalue weighted by atomic mass is 9.96. The Balaban J connectivity index is 1.49. The maximum absolute atomic E-state index is 15.6. The molecule has 0 saturated carbocycles. The van der Waals surface area contributed by atoms with Gasteiger partial charge in [0.2, 0.25) is 12.2 Å². The second-order valence-electron chi connectivity index (χ2n) is 10.8. The fourth-order valence-electron chi connectivity index (χ4n) is 4.78. The van der Waals surface area contributed by atoms with Crippen molar-refractivity contribution in [3.8, 4) is 5.75 Å². The van der Waals surface area contributed by atoms with Gasteiger partial charge in [-0.15, -0.1) is 0 Å². The second-order valence-corrected chi connectivity index (χ2v) is 13.9. The van der Waals surface area contributed by atoms with Crippen LogP contribution in [0.25, 0.3) is 21.9 Å². The highest BCUT2D eigenvalue weighted by atomic mass is 32.5. The molecule has 46 heavy (non-hydrogen) atoms. The molecule has 248 valence electrons. The van der Waals surface area contributed by atoms with Crippen LogP contribution in [0.3, 0.4) is 0 Å². The van der Waals surface area contributed by atoms with Crippen molar-refractivity contribution in [2.45, 2.75) is 63.2 Å². The quantitative estimate of drug-likeness (QED) is 0.102. The lowest BCUT2D eigenvalue weighted by Crippen LogP contribution is -2.54. The molecule has 5 atom stereocenters. The summed E-state index contributed by atoms with van der Waals surface area (Å²) in [5.74, 6) is -5.54. The van der Waals surface area contributed by atoms with Crippen LogP contribution < -0.4 is 20.9 Å². The summed E-state index contributed by atoms with van der Waals surface area (Å²) in [6.45, 7) is -0.945. The number of carbonyl (C=O) groups is 1. The molecule has 0 bridgehead atoms. The monoisotopic (exact) mass is 688 g/mol. The summed E-state index contributed by atoms with van der Waals surface area (Å²) in [4.78, 5) is 34.4. The first-order chi connectivity index (χ1) is 21.6. The number of esters is 1. The highest BCUT2D eigenvalue weighted by Crippen LogP contribution is 2.54. The van der Waals surface area contributed by atoms with Crippen LogP contribution in [0, 0.1) is 0 Å². The van der Waals surface area contributed by atoms with Crippen LogP contribution in [-0.4, -0.2) is 73.4 Å². The number of H-pyrrole nitrogens is 1. The standard InChI is InChI=1S/C27H29F4N6O7PS/c1-13(2)42-21(39)14(3)36-45(46,44-17-9-8-15-6-4-5-7-16(15)10-17)41-11-26(23(28)29)22(40)27(30,31)24(43-26)37-12-33-18-19(37)34-25(32)35-20(18)38/h4-10,12-14,22-24,40H,11H2,1-3H3,(H,36,46)(H3,32,34,35,38)/t14-,22+,24+,26+,45?/m0/s1. The average Bonchev–Trinajstić information content (AvgIpc) is 3.48. The van der Waals surface area contributed by atoms with E-state index in [0.29, 0.717) is 4.57 Å². The molecule has 0 spiro atoms. The molecule has 1 saturated heterocycles. The number of rotatable bonds is 11. The van der Waals surface area contributed by atoms with Crippen LogP contribution in [0.5, 0.6) is 5.75 Å². The minimum atomic E-state index is -4.41. The molecule has 0 aliphatic carbocycles. The number of hydrogen-bond donors (Lipinski definition) is 4. The van der Waals surface area contributed by atoms with Gasteiger partial charge in [-0.3, -0.25) is 19.1 Å². The number of hydrogen-bond acceptors (Lipinski definition) is 11. The number of imidazole rings is 1. The van der Waals surface area contributed by atoms with Crippen LogP contribution in [0.15, 0.2) is 53.6 Å². The van der Waals surface area contributed by atoms with E-state index in [1.165, 1.54) is 13.0 Å². The Hall–Kier alpha value is -3.67. The molecular weight excluding hydrogens is 659 g/mol. The van der Waals surface area contributed by atoms with Gasteiger partial charge in [0, 0.05) is 0 Å². The molecule has 5 rings (SSSR count). The average molecular weight is 689 g/mol. The Kier molecular flexibility index (Phi) is 9.15. The number of halogens is 4. The van der Waals surface area contributed by atoms with E-state index in [4.69, 9.17) is 36.1 Å². The fraction of sp³-hybridized carbons (Fsp3) is 0.407. The molecule has 0 radical (unpaired) electrons. The van der Waals surface area contributed by atoms with Gasteiger partial charge in [0.1, 0.15) is 11.8 Å². The van der Waals surface area contributed by atoms with E-state index in [-0.39, 0.29) is 5.75 Å². The van der Waals surface area contributed by atoms with Gasteiger partial charge in [-0.05, 0) is 55.5 Å². The predicted molar refractivity (Wildman–Crippen MR) is 161 cm³/mol. The van der Waals surface area contributed by atoms with E-state index in [1.807, 2.05) is 12.1 Å². The fourth-order valence-corrected chi connectivity index (χ4v) is 7.19. The predicted octanol–water partition coefficient (Wildman–Crippen LogP) is 3.63. The van der Waals surface area contributed by atoms with Crippen LogP contribution in [-0.2, 0) is 30.6 Å². The van der Waals surface area contributed by atoms with Gasteiger partial charge in [0.15, 0.2) is 22.9 Å². The summed E-state index contributed by atoms with van der Waals surface area (Å²) in [6, 6.07) is 10.8. The first kappa shape index (κ1) is 33.7. The number of aliphatic hydroxyl groups is 1. The van der Waals surface area contributed by atoms with Crippen molar-refractivity contribution in [3.63, 3.8) is 0 Å². The highest BCUT2D eigenvalue weighted by molar-refractivity contribution is 8.09. The molecule has 1 aliphatic rings. The number of alkyl halides is 4. The summed E-state index contributed by atoms with van der Waals surface area (Å²) in [5.41, 5.74) is 0.329. The zero-order valence-corrected chi connectivity index (χ0v) is 26.1. The number of anilines is 1. The van der Waals surface area contributed by atoms with Crippen molar-refractivity contribution in [2.75, 3.05) is 12.3 Å². The normalized spacial score (nSPS) is 23.2. The molecule has 0 amide bonds. The first-order valence-electron chi connectivity index (χ1n) is 13.7. The summed E-state index contributed by atoms with van der Waals surface area (Å²) in [5, 5.41) is 14.9. The number of carbonyl (C=O) groups excluding carboxylic acids is 1. The highest BCUT2D eigenvalue weighted by Gasteiger charge is 2.71. The Labute approximate surface area is 263 Å². The zero-order chi connectivity index (χ0) is 33.6. The van der Waals surface area contributed by atoms with Gasteiger partial charge >= 0.3 is 18.5 Å². The molecule has 2 aromatic carbocycles. The lowest BCUT2D eigenvalue weighted by Gasteiger charge is -2.34. The summed E-state index contributed by atoms with van der Waals surface area (Å²) in [7, 11) is 0. The Morgan fingerprint density at radius 2 is 1.93 bits per heavy atom. The third-order valence-corrected chi connectivity index (χ3v) is 9.50. The number of fused-ring (bicyclic) bond motifs is 2. The Morgan fingerprint density at radius 1 is 1.24 bits per heavy atom. The van der Waals surface area contributed by atoms with Gasteiger partial charge in [-0.25, -0.2) is 18.9 Å². The molecule has 1 unspecified atom stereocenters. The third-order valence-electron chi connectivity index (χ3n) is 7.02. The number of nitrogens with two attached hydrogens (primary N) is 1. The molecule has 2 aromatic heterocycles. The van der Waals surface area contributed by atoms with Crippen LogP contribution in [0.4, 0.5) is 23.5 Å². The number of benzene rings is 2. The Morgan fingerprint density at radius 3 is 2.61 bits per heavy atom. The van der Waals surface area contributed by atoms with Gasteiger partial charge in [-0.1, -0.05) is 30.3 Å². The third kappa shape index (κ3) is 6.32. The number of nitrogens with one attached hydrogen (secondary N) is 2. The van der Waals surface area contributed by atoms with Gasteiger partial charge in [-0.2, -0.15) is 13.8 Å². The molecule has 5 N–H and O–H groups in total. The van der Waals surface area contributed by atoms with E-state index in [2.05, 4.69) is 20.0 Å². The van der Waals surface area contributed by atoms with Crippen LogP contribution in [0.2, 0.25) is 0 Å². The van der Waals surface area contributed by atoms with Gasteiger partial charge in [0.25, 0.3) is 12.0 Å². The summed E-state index contributed by atoms with van der Waals surface area (Å²) >= 11 is 5.58. The van der Waals surface area contributed by atoms with Crippen molar-refractivity contribution in [2.24, 2.45) is 0 Å². The van der Waals surface area contributed by atoms with E-state index >= 15 is 8.78 Å². The molecule has 1 aliphatic heterocycles. The van der Waals surface area contributed by atoms with Crippen molar-refractivity contribution in [1.82, 2.24) is 24.6 Å². The van der Waals surface area contributed by atoms with Crippen LogP contribution >= 0.6 is 6.64 Å². The van der Waals surface area contributed by atoms with E-state index in [1.54, 1.807) is 38.1 Å². The SMILES string of the molecule is CC(C)OC(=O)[C@H](C)NP(=S)(OC[C@@]1(C(F)F)O[C@@H](n2cnc3c(=O)[nH]c(N)nc32)C(F)(F)[C@@H]1O)Oc1ccc2ccccc2c1. The number of aromatic amines is 1. The molecule has 13 nitrogen and oxygen atoms in total. The van der Waals surface area contributed by atoms with Crippen molar-refractivity contribution >= 4 is 52.3 Å². The topological polar surface area (TPSA) is 176 Å². The maximum Gasteiger partial charge on any atom is 0.323 e. The van der Waals surface area contributed by atoms with Crippen molar-refractivity contribution < 1.29 is 46.0 Å². The van der Waals surface area contributed by atoms with E-state index < -0.39 is 84.3 Å².